The van der Waals surface area contributed by atoms with Gasteiger partial charge in [-0.1, -0.05) is 6.92 Å². The zero-order chi connectivity index (χ0) is 11.8. The van der Waals surface area contributed by atoms with Crippen molar-refractivity contribution in [3.63, 3.8) is 0 Å². The second-order valence-corrected chi connectivity index (χ2v) is 6.40. The zero-order valence-corrected chi connectivity index (χ0v) is 10.4. The fourth-order valence-electron chi connectivity index (χ4n) is 2.05. The van der Waals surface area contributed by atoms with Gasteiger partial charge in [0.2, 0.25) is 10.0 Å². The van der Waals surface area contributed by atoms with Crippen LogP contribution in [0.2, 0.25) is 0 Å². The molecule has 16 heavy (non-hydrogen) atoms. The summed E-state index contributed by atoms with van der Waals surface area (Å²) in [6.07, 6.45) is 5.02. The lowest BCUT2D eigenvalue weighted by Gasteiger charge is -2.29. The largest absolute Gasteiger partial charge is 0.274 e. The van der Waals surface area contributed by atoms with Gasteiger partial charge in [-0.25, -0.2) is 8.42 Å². The molecule has 1 aromatic heterocycles. The first-order chi connectivity index (χ1) is 7.50. The van der Waals surface area contributed by atoms with Crippen molar-refractivity contribution in [3.8, 4) is 0 Å². The van der Waals surface area contributed by atoms with E-state index in [2.05, 4.69) is 12.0 Å². The first-order valence-electron chi connectivity index (χ1n) is 5.49. The minimum absolute atomic E-state index is 0.295. The van der Waals surface area contributed by atoms with E-state index in [1.165, 1.54) is 10.9 Å². The van der Waals surface area contributed by atoms with Crippen LogP contribution in [0.1, 0.15) is 19.8 Å². The third kappa shape index (κ3) is 2.12. The van der Waals surface area contributed by atoms with Gasteiger partial charge in [-0.15, -0.1) is 0 Å². The fraction of sp³-hybridized carbons (Fsp3) is 0.700. The topological polar surface area (TPSA) is 55.2 Å². The van der Waals surface area contributed by atoms with Crippen LogP contribution in [0.4, 0.5) is 0 Å². The highest BCUT2D eigenvalue weighted by atomic mass is 32.2. The lowest BCUT2D eigenvalue weighted by atomic mass is 10.0. The molecule has 0 unspecified atom stereocenters. The molecule has 0 amide bonds. The summed E-state index contributed by atoms with van der Waals surface area (Å²) in [6.45, 7) is 3.34. The predicted molar refractivity (Wildman–Crippen MR) is 60.4 cm³/mol. The first-order valence-corrected chi connectivity index (χ1v) is 6.93. The quantitative estimate of drug-likeness (QED) is 0.773. The van der Waals surface area contributed by atoms with Crippen molar-refractivity contribution in [1.29, 1.82) is 0 Å². The molecule has 0 spiro atoms. The highest BCUT2D eigenvalue weighted by Crippen LogP contribution is 2.22. The van der Waals surface area contributed by atoms with Gasteiger partial charge in [0.15, 0.2) is 0 Å². The van der Waals surface area contributed by atoms with Gasteiger partial charge in [-0.05, 0) is 18.8 Å². The monoisotopic (exact) mass is 243 g/mol. The van der Waals surface area contributed by atoms with E-state index in [1.54, 1.807) is 17.5 Å². The highest BCUT2D eigenvalue weighted by molar-refractivity contribution is 7.89. The van der Waals surface area contributed by atoms with Crippen LogP contribution in [-0.2, 0) is 17.1 Å². The number of aromatic nitrogens is 2. The minimum atomic E-state index is -3.32. The summed E-state index contributed by atoms with van der Waals surface area (Å²) in [6, 6.07) is 0. The van der Waals surface area contributed by atoms with Gasteiger partial charge >= 0.3 is 0 Å². The second kappa shape index (κ2) is 4.18. The van der Waals surface area contributed by atoms with Crippen molar-refractivity contribution >= 4 is 10.0 Å². The Morgan fingerprint density at radius 1 is 1.50 bits per heavy atom. The van der Waals surface area contributed by atoms with Gasteiger partial charge in [0.05, 0.1) is 6.20 Å². The lowest BCUT2D eigenvalue weighted by Crippen LogP contribution is -2.38. The van der Waals surface area contributed by atoms with Crippen molar-refractivity contribution in [2.24, 2.45) is 13.0 Å². The van der Waals surface area contributed by atoms with Crippen molar-refractivity contribution in [3.05, 3.63) is 12.4 Å². The molecular weight excluding hydrogens is 226 g/mol. The fourth-order valence-corrected chi connectivity index (χ4v) is 3.63. The maximum absolute atomic E-state index is 12.2. The van der Waals surface area contributed by atoms with E-state index < -0.39 is 10.0 Å². The van der Waals surface area contributed by atoms with Crippen LogP contribution in [0.5, 0.6) is 0 Å². The van der Waals surface area contributed by atoms with Crippen LogP contribution in [0.15, 0.2) is 17.3 Å². The Hall–Kier alpha value is -0.880. The molecule has 1 fully saturated rings. The molecule has 1 saturated heterocycles. The summed E-state index contributed by atoms with van der Waals surface area (Å²) in [5.41, 5.74) is 0. The van der Waals surface area contributed by atoms with E-state index in [1.807, 2.05) is 0 Å². The molecule has 0 saturated carbocycles. The molecular formula is C10H17N3O2S. The number of nitrogens with zero attached hydrogens (tertiary/aromatic N) is 3. The molecule has 0 aromatic carbocycles. The standard InChI is InChI=1S/C10H17N3O2S/c1-9-4-3-5-13(7-9)16(14,15)10-6-11-12(2)8-10/h6,8-9H,3-5,7H2,1-2H3/t9-/m0/s1. The average molecular weight is 243 g/mol. The Labute approximate surface area is 96.1 Å². The van der Waals surface area contributed by atoms with E-state index in [0.717, 1.165) is 12.8 Å². The van der Waals surface area contributed by atoms with Crippen molar-refractivity contribution in [2.75, 3.05) is 13.1 Å². The van der Waals surface area contributed by atoms with Gasteiger partial charge < -0.3 is 0 Å². The molecule has 0 aliphatic carbocycles. The SMILES string of the molecule is C[C@H]1CCCN(S(=O)(=O)c2cnn(C)c2)C1. The molecule has 2 heterocycles. The molecule has 2 rings (SSSR count). The lowest BCUT2D eigenvalue weighted by molar-refractivity contribution is 0.281. The van der Waals surface area contributed by atoms with Crippen LogP contribution in [0.3, 0.4) is 0 Å². The van der Waals surface area contributed by atoms with Crippen LogP contribution >= 0.6 is 0 Å². The van der Waals surface area contributed by atoms with Crippen LogP contribution in [-0.4, -0.2) is 35.6 Å². The Morgan fingerprint density at radius 2 is 2.25 bits per heavy atom. The van der Waals surface area contributed by atoms with Crippen molar-refractivity contribution in [2.45, 2.75) is 24.7 Å². The molecule has 1 aliphatic rings. The highest BCUT2D eigenvalue weighted by Gasteiger charge is 2.29. The van der Waals surface area contributed by atoms with Gasteiger partial charge in [0.25, 0.3) is 0 Å². The Kier molecular flexibility index (Phi) is 3.03. The summed E-state index contributed by atoms with van der Waals surface area (Å²) in [7, 11) is -1.60. The minimum Gasteiger partial charge on any atom is -0.274 e. The predicted octanol–water partition coefficient (Wildman–Crippen LogP) is 0.841. The number of hydrogen-bond donors (Lipinski definition) is 0. The Bertz CT molecular complexity index is 466. The van der Waals surface area contributed by atoms with E-state index >= 15 is 0 Å². The third-order valence-electron chi connectivity index (χ3n) is 2.94. The summed E-state index contributed by atoms with van der Waals surface area (Å²) < 4.78 is 27.5. The molecule has 1 aliphatic heterocycles. The van der Waals surface area contributed by atoms with E-state index in [9.17, 15) is 8.42 Å². The van der Waals surface area contributed by atoms with Gasteiger partial charge in [0.1, 0.15) is 4.90 Å². The molecule has 90 valence electrons. The van der Waals surface area contributed by atoms with E-state index in [4.69, 9.17) is 0 Å². The summed E-state index contributed by atoms with van der Waals surface area (Å²) in [5, 5.41) is 3.91. The average Bonchev–Trinajstić information content (AvgIpc) is 2.65. The molecule has 6 heteroatoms. The van der Waals surface area contributed by atoms with E-state index in [0.29, 0.717) is 23.9 Å². The van der Waals surface area contributed by atoms with Crippen molar-refractivity contribution < 1.29 is 8.42 Å². The number of rotatable bonds is 2. The Morgan fingerprint density at radius 3 is 2.81 bits per heavy atom. The molecule has 1 atom stereocenters. The number of hydrogen-bond acceptors (Lipinski definition) is 3. The normalized spacial score (nSPS) is 23.5. The smallest absolute Gasteiger partial charge is 0.246 e. The summed E-state index contributed by atoms with van der Waals surface area (Å²) in [4.78, 5) is 0.295. The molecule has 0 N–H and O–H groups in total. The maximum atomic E-state index is 12.2. The Balaban J connectivity index is 2.25. The summed E-state index contributed by atoms with van der Waals surface area (Å²) >= 11 is 0. The van der Waals surface area contributed by atoms with Gasteiger partial charge in [0, 0.05) is 26.3 Å². The third-order valence-corrected chi connectivity index (χ3v) is 4.76. The van der Waals surface area contributed by atoms with Crippen LogP contribution in [0.25, 0.3) is 0 Å². The van der Waals surface area contributed by atoms with Gasteiger partial charge in [-0.3, -0.25) is 4.68 Å². The summed E-state index contributed by atoms with van der Waals surface area (Å²) in [5.74, 6) is 0.445. The molecule has 0 bridgehead atoms. The van der Waals surface area contributed by atoms with Crippen LogP contribution in [0, 0.1) is 5.92 Å². The number of sulfonamides is 1. The van der Waals surface area contributed by atoms with Gasteiger partial charge in [-0.2, -0.15) is 9.40 Å². The molecule has 0 radical (unpaired) electrons. The first kappa shape index (κ1) is 11.6. The second-order valence-electron chi connectivity index (χ2n) is 4.46. The molecule has 1 aromatic rings. The van der Waals surface area contributed by atoms with Crippen LogP contribution < -0.4 is 0 Å². The number of piperidine rings is 1. The maximum Gasteiger partial charge on any atom is 0.246 e. The molecule has 5 nitrogen and oxygen atoms in total. The van der Waals surface area contributed by atoms with E-state index in [-0.39, 0.29) is 0 Å². The zero-order valence-electron chi connectivity index (χ0n) is 9.63. The number of aryl methyl sites for hydroxylation is 1. The van der Waals surface area contributed by atoms with Crippen molar-refractivity contribution in [1.82, 2.24) is 14.1 Å².